The third-order valence-electron chi connectivity index (χ3n) is 1.63. The van der Waals surface area contributed by atoms with Gasteiger partial charge in [-0.3, -0.25) is 0 Å². The summed E-state index contributed by atoms with van der Waals surface area (Å²) < 4.78 is 5.26. The lowest BCUT2D eigenvalue weighted by atomic mass is 10.3. The summed E-state index contributed by atoms with van der Waals surface area (Å²) in [5, 5.41) is 10.7. The van der Waals surface area contributed by atoms with E-state index in [0.717, 1.165) is 19.4 Å². The molecule has 1 heterocycles. The molecule has 0 aliphatic carbocycles. The normalized spacial score (nSPS) is 10.3. The molecule has 5 heteroatoms. The second kappa shape index (κ2) is 5.53. The Morgan fingerprint density at radius 1 is 1.46 bits per heavy atom. The number of hydrogen-bond acceptors (Lipinski definition) is 5. The van der Waals surface area contributed by atoms with E-state index >= 15 is 0 Å². The van der Waals surface area contributed by atoms with E-state index in [1.807, 2.05) is 0 Å². The van der Waals surface area contributed by atoms with Gasteiger partial charge < -0.3 is 15.5 Å². The predicted octanol–water partition coefficient (Wildman–Crippen LogP) is 0.783. The number of nitrogens with one attached hydrogen (secondary N) is 1. The van der Waals surface area contributed by atoms with Crippen molar-refractivity contribution < 1.29 is 4.42 Å². The highest BCUT2D eigenvalue weighted by Gasteiger charge is 2.02. The lowest BCUT2D eigenvalue weighted by Gasteiger charge is -1.97. The maximum Gasteiger partial charge on any atom is 0.315 e. The predicted molar refractivity (Wildman–Crippen MR) is 50.5 cm³/mol. The van der Waals surface area contributed by atoms with E-state index in [0.29, 0.717) is 24.9 Å². The van der Waals surface area contributed by atoms with Crippen LogP contribution >= 0.6 is 0 Å². The van der Waals surface area contributed by atoms with Gasteiger partial charge in [-0.05, 0) is 6.42 Å². The Labute approximate surface area is 77.7 Å². The monoisotopic (exact) mass is 184 g/mol. The Hall–Kier alpha value is -1.10. The molecule has 0 aliphatic rings. The van der Waals surface area contributed by atoms with E-state index in [1.54, 1.807) is 0 Å². The molecular formula is C8H16N4O. The standard InChI is InChI=1S/C8H16N4O/c1-2-3-6-10-8-12-11-7(13-8)4-5-9/h2-6,9H2,1H3,(H,10,12). The van der Waals surface area contributed by atoms with Gasteiger partial charge in [0.05, 0.1) is 0 Å². The smallest absolute Gasteiger partial charge is 0.315 e. The molecule has 0 bridgehead atoms. The summed E-state index contributed by atoms with van der Waals surface area (Å²) in [5.74, 6) is 0.599. The molecule has 0 saturated heterocycles. The van der Waals surface area contributed by atoms with Crippen LogP contribution in [0.1, 0.15) is 25.7 Å². The van der Waals surface area contributed by atoms with Crippen molar-refractivity contribution >= 4 is 6.01 Å². The van der Waals surface area contributed by atoms with Crippen LogP contribution in [0.5, 0.6) is 0 Å². The van der Waals surface area contributed by atoms with E-state index in [9.17, 15) is 0 Å². The van der Waals surface area contributed by atoms with Crippen molar-refractivity contribution in [3.8, 4) is 0 Å². The molecule has 0 saturated carbocycles. The Morgan fingerprint density at radius 2 is 2.31 bits per heavy atom. The SMILES string of the molecule is CCCCNc1nnc(CCN)o1. The number of hydrogen-bond donors (Lipinski definition) is 2. The number of rotatable bonds is 6. The summed E-state index contributed by atoms with van der Waals surface area (Å²) in [4.78, 5) is 0. The minimum Gasteiger partial charge on any atom is -0.408 e. The Kier molecular flexibility index (Phi) is 4.25. The first-order valence-electron chi connectivity index (χ1n) is 4.63. The highest BCUT2D eigenvalue weighted by Crippen LogP contribution is 2.05. The number of anilines is 1. The number of nitrogens with zero attached hydrogens (tertiary/aromatic N) is 2. The van der Waals surface area contributed by atoms with Gasteiger partial charge in [0, 0.05) is 19.5 Å². The third kappa shape index (κ3) is 3.42. The zero-order chi connectivity index (χ0) is 9.52. The van der Waals surface area contributed by atoms with Crippen molar-refractivity contribution in [2.45, 2.75) is 26.2 Å². The highest BCUT2D eigenvalue weighted by molar-refractivity contribution is 5.16. The Morgan fingerprint density at radius 3 is 3.00 bits per heavy atom. The molecule has 1 rings (SSSR count). The van der Waals surface area contributed by atoms with Gasteiger partial charge in [0.15, 0.2) is 0 Å². The van der Waals surface area contributed by atoms with Gasteiger partial charge >= 0.3 is 6.01 Å². The molecule has 0 amide bonds. The topological polar surface area (TPSA) is 77.0 Å². The van der Waals surface area contributed by atoms with Gasteiger partial charge in [0.25, 0.3) is 0 Å². The molecule has 0 spiro atoms. The lowest BCUT2D eigenvalue weighted by molar-refractivity contribution is 0.505. The third-order valence-corrected chi connectivity index (χ3v) is 1.63. The summed E-state index contributed by atoms with van der Waals surface area (Å²) in [6.45, 7) is 3.55. The van der Waals surface area contributed by atoms with E-state index in [2.05, 4.69) is 22.4 Å². The van der Waals surface area contributed by atoms with Gasteiger partial charge in [-0.25, -0.2) is 0 Å². The van der Waals surface area contributed by atoms with Crippen LogP contribution in [0.4, 0.5) is 6.01 Å². The van der Waals surface area contributed by atoms with Crippen molar-refractivity contribution in [1.82, 2.24) is 10.2 Å². The van der Waals surface area contributed by atoms with Crippen LogP contribution in [-0.2, 0) is 6.42 Å². The minimum absolute atomic E-state index is 0.497. The second-order valence-corrected chi connectivity index (χ2v) is 2.82. The van der Waals surface area contributed by atoms with Crippen LogP contribution in [-0.4, -0.2) is 23.3 Å². The Balaban J connectivity index is 2.31. The molecule has 1 aromatic rings. The largest absolute Gasteiger partial charge is 0.408 e. The van der Waals surface area contributed by atoms with Crippen molar-refractivity contribution in [1.29, 1.82) is 0 Å². The van der Waals surface area contributed by atoms with Gasteiger partial charge in [-0.1, -0.05) is 18.4 Å². The number of unbranched alkanes of at least 4 members (excludes halogenated alkanes) is 1. The molecule has 0 radical (unpaired) electrons. The van der Waals surface area contributed by atoms with Crippen LogP contribution in [0, 0.1) is 0 Å². The number of nitrogens with two attached hydrogens (primary N) is 1. The molecule has 13 heavy (non-hydrogen) atoms. The molecule has 74 valence electrons. The zero-order valence-corrected chi connectivity index (χ0v) is 7.92. The second-order valence-electron chi connectivity index (χ2n) is 2.82. The fraction of sp³-hybridized carbons (Fsp3) is 0.750. The first kappa shape index (κ1) is 9.98. The number of aromatic nitrogens is 2. The maximum atomic E-state index is 5.34. The Bertz CT molecular complexity index is 236. The van der Waals surface area contributed by atoms with Gasteiger partial charge in [-0.15, -0.1) is 5.10 Å². The van der Waals surface area contributed by atoms with Crippen molar-refractivity contribution in [3.05, 3.63) is 5.89 Å². The van der Waals surface area contributed by atoms with Crippen LogP contribution in [0.2, 0.25) is 0 Å². The first-order chi connectivity index (χ1) is 6.36. The average molecular weight is 184 g/mol. The first-order valence-corrected chi connectivity index (χ1v) is 4.63. The molecule has 3 N–H and O–H groups in total. The lowest BCUT2D eigenvalue weighted by Crippen LogP contribution is -2.02. The van der Waals surface area contributed by atoms with Gasteiger partial charge in [0.2, 0.25) is 5.89 Å². The quantitative estimate of drug-likeness (QED) is 0.639. The summed E-state index contributed by atoms with van der Waals surface area (Å²) >= 11 is 0. The van der Waals surface area contributed by atoms with E-state index in [1.165, 1.54) is 0 Å². The molecular weight excluding hydrogens is 168 g/mol. The highest BCUT2D eigenvalue weighted by atomic mass is 16.4. The van der Waals surface area contributed by atoms with Gasteiger partial charge in [-0.2, -0.15) is 0 Å². The molecule has 0 unspecified atom stereocenters. The fourth-order valence-corrected chi connectivity index (χ4v) is 0.922. The molecule has 1 aromatic heterocycles. The molecule has 0 fully saturated rings. The van der Waals surface area contributed by atoms with Crippen LogP contribution in [0.3, 0.4) is 0 Å². The summed E-state index contributed by atoms with van der Waals surface area (Å²) in [7, 11) is 0. The molecule has 5 nitrogen and oxygen atoms in total. The van der Waals surface area contributed by atoms with Crippen LogP contribution in [0.25, 0.3) is 0 Å². The van der Waals surface area contributed by atoms with Crippen molar-refractivity contribution in [2.24, 2.45) is 5.73 Å². The minimum atomic E-state index is 0.497. The molecule has 0 aliphatic heterocycles. The fourth-order valence-electron chi connectivity index (χ4n) is 0.922. The van der Waals surface area contributed by atoms with E-state index in [4.69, 9.17) is 10.2 Å². The van der Waals surface area contributed by atoms with Crippen molar-refractivity contribution in [2.75, 3.05) is 18.4 Å². The summed E-state index contributed by atoms with van der Waals surface area (Å²) in [6.07, 6.45) is 2.90. The summed E-state index contributed by atoms with van der Waals surface area (Å²) in [5.41, 5.74) is 5.34. The van der Waals surface area contributed by atoms with E-state index < -0.39 is 0 Å². The van der Waals surface area contributed by atoms with Gasteiger partial charge in [0.1, 0.15) is 0 Å². The van der Waals surface area contributed by atoms with Crippen LogP contribution < -0.4 is 11.1 Å². The maximum absolute atomic E-state index is 5.34. The van der Waals surface area contributed by atoms with Crippen molar-refractivity contribution in [3.63, 3.8) is 0 Å². The van der Waals surface area contributed by atoms with Crippen LogP contribution in [0.15, 0.2) is 4.42 Å². The zero-order valence-electron chi connectivity index (χ0n) is 7.92. The summed E-state index contributed by atoms with van der Waals surface area (Å²) in [6, 6.07) is 0.497. The molecule has 0 aromatic carbocycles. The van der Waals surface area contributed by atoms with E-state index in [-0.39, 0.29) is 0 Å². The molecule has 0 atom stereocenters. The average Bonchev–Trinajstić information content (AvgIpc) is 2.54.